The Balaban J connectivity index is 1.94. The predicted octanol–water partition coefficient (Wildman–Crippen LogP) is 2.73. The van der Waals surface area contributed by atoms with Crippen LogP contribution in [0.1, 0.15) is 32.1 Å². The molecule has 1 heterocycles. The Morgan fingerprint density at radius 1 is 1.43 bits per heavy atom. The first-order valence-electron chi connectivity index (χ1n) is 5.44. The SMILES string of the molecule is FC1(F)CCCC(/C=C2/CCNC2)C1. The molecule has 0 bridgehead atoms. The molecule has 0 radical (unpaired) electrons. The average molecular weight is 201 g/mol. The van der Waals surface area contributed by atoms with Gasteiger partial charge in [-0.2, -0.15) is 0 Å². The quantitative estimate of drug-likeness (QED) is 0.643. The molecule has 1 aliphatic heterocycles. The van der Waals surface area contributed by atoms with Gasteiger partial charge in [0.05, 0.1) is 0 Å². The molecule has 1 aliphatic carbocycles. The van der Waals surface area contributed by atoms with Gasteiger partial charge in [0.2, 0.25) is 5.92 Å². The lowest BCUT2D eigenvalue weighted by Gasteiger charge is -2.27. The van der Waals surface area contributed by atoms with E-state index in [1.807, 2.05) is 0 Å². The van der Waals surface area contributed by atoms with Crippen molar-refractivity contribution in [1.82, 2.24) is 5.32 Å². The van der Waals surface area contributed by atoms with E-state index in [0.717, 1.165) is 25.9 Å². The van der Waals surface area contributed by atoms with Crippen LogP contribution in [0.25, 0.3) is 0 Å². The molecule has 0 aromatic rings. The minimum atomic E-state index is -2.41. The van der Waals surface area contributed by atoms with Crippen molar-refractivity contribution < 1.29 is 8.78 Å². The fraction of sp³-hybridized carbons (Fsp3) is 0.818. The molecular formula is C11H17F2N. The monoisotopic (exact) mass is 201 g/mol. The summed E-state index contributed by atoms with van der Waals surface area (Å²) in [5, 5.41) is 3.23. The topological polar surface area (TPSA) is 12.0 Å². The maximum atomic E-state index is 13.1. The van der Waals surface area contributed by atoms with Crippen molar-refractivity contribution in [3.63, 3.8) is 0 Å². The maximum absolute atomic E-state index is 13.1. The van der Waals surface area contributed by atoms with Crippen molar-refractivity contribution in [2.45, 2.75) is 38.0 Å². The first kappa shape index (κ1) is 10.1. The molecule has 0 spiro atoms. The van der Waals surface area contributed by atoms with E-state index >= 15 is 0 Å². The van der Waals surface area contributed by atoms with Gasteiger partial charge in [-0.05, 0) is 31.7 Å². The van der Waals surface area contributed by atoms with Gasteiger partial charge in [-0.15, -0.1) is 0 Å². The molecule has 2 aliphatic rings. The number of rotatable bonds is 1. The third-order valence-electron chi connectivity index (χ3n) is 3.12. The van der Waals surface area contributed by atoms with Gasteiger partial charge in [0.15, 0.2) is 0 Å². The molecule has 1 saturated carbocycles. The average Bonchev–Trinajstić information content (AvgIpc) is 2.54. The normalized spacial score (nSPS) is 35.0. The largest absolute Gasteiger partial charge is 0.313 e. The van der Waals surface area contributed by atoms with Gasteiger partial charge in [-0.3, -0.25) is 0 Å². The number of halogens is 2. The van der Waals surface area contributed by atoms with E-state index in [1.165, 1.54) is 5.57 Å². The molecule has 1 unspecified atom stereocenters. The first-order valence-corrected chi connectivity index (χ1v) is 5.44. The van der Waals surface area contributed by atoms with Crippen LogP contribution < -0.4 is 5.32 Å². The summed E-state index contributed by atoms with van der Waals surface area (Å²) in [6, 6.07) is 0. The van der Waals surface area contributed by atoms with E-state index in [9.17, 15) is 8.78 Å². The van der Waals surface area contributed by atoms with Crippen molar-refractivity contribution in [1.29, 1.82) is 0 Å². The summed E-state index contributed by atoms with van der Waals surface area (Å²) in [6.45, 7) is 1.91. The third-order valence-corrected chi connectivity index (χ3v) is 3.12. The zero-order valence-electron chi connectivity index (χ0n) is 8.36. The second-order valence-corrected chi connectivity index (χ2v) is 4.46. The maximum Gasteiger partial charge on any atom is 0.248 e. The lowest BCUT2D eigenvalue weighted by Crippen LogP contribution is -2.25. The molecule has 2 fully saturated rings. The molecule has 1 N–H and O–H groups in total. The van der Waals surface area contributed by atoms with Crippen LogP contribution >= 0.6 is 0 Å². The van der Waals surface area contributed by atoms with Gasteiger partial charge in [0, 0.05) is 19.4 Å². The minimum absolute atomic E-state index is 0.0660. The van der Waals surface area contributed by atoms with E-state index in [2.05, 4.69) is 11.4 Å². The van der Waals surface area contributed by atoms with Crippen molar-refractivity contribution in [3.8, 4) is 0 Å². The van der Waals surface area contributed by atoms with E-state index in [-0.39, 0.29) is 18.8 Å². The van der Waals surface area contributed by atoms with E-state index in [4.69, 9.17) is 0 Å². The fourth-order valence-corrected chi connectivity index (χ4v) is 2.41. The van der Waals surface area contributed by atoms with Crippen LogP contribution in [0.2, 0.25) is 0 Å². The highest BCUT2D eigenvalue weighted by Crippen LogP contribution is 2.37. The fourth-order valence-electron chi connectivity index (χ4n) is 2.41. The summed E-state index contributed by atoms with van der Waals surface area (Å²) < 4.78 is 26.2. The lowest BCUT2D eigenvalue weighted by atomic mass is 9.85. The van der Waals surface area contributed by atoms with Crippen molar-refractivity contribution in [3.05, 3.63) is 11.6 Å². The van der Waals surface area contributed by atoms with Gasteiger partial charge < -0.3 is 5.32 Å². The summed E-state index contributed by atoms with van der Waals surface area (Å²) in [7, 11) is 0. The number of nitrogens with one attached hydrogen (secondary N) is 1. The Labute approximate surface area is 83.6 Å². The zero-order valence-corrected chi connectivity index (χ0v) is 8.36. The molecule has 2 rings (SSSR count). The number of allylic oxidation sites excluding steroid dienone is 1. The second-order valence-electron chi connectivity index (χ2n) is 4.46. The molecule has 80 valence electrons. The summed E-state index contributed by atoms with van der Waals surface area (Å²) >= 11 is 0. The highest BCUT2D eigenvalue weighted by Gasteiger charge is 2.35. The van der Waals surface area contributed by atoms with Crippen LogP contribution in [-0.2, 0) is 0 Å². The molecule has 3 heteroatoms. The lowest BCUT2D eigenvalue weighted by molar-refractivity contribution is -0.0454. The van der Waals surface area contributed by atoms with Gasteiger partial charge in [-0.1, -0.05) is 11.6 Å². The van der Waals surface area contributed by atoms with E-state index in [1.54, 1.807) is 0 Å². The Morgan fingerprint density at radius 3 is 2.93 bits per heavy atom. The van der Waals surface area contributed by atoms with Gasteiger partial charge in [0.25, 0.3) is 0 Å². The van der Waals surface area contributed by atoms with E-state index < -0.39 is 5.92 Å². The highest BCUT2D eigenvalue weighted by molar-refractivity contribution is 5.11. The van der Waals surface area contributed by atoms with Crippen LogP contribution in [-0.4, -0.2) is 19.0 Å². The van der Waals surface area contributed by atoms with E-state index in [0.29, 0.717) is 6.42 Å². The second kappa shape index (κ2) is 3.97. The van der Waals surface area contributed by atoms with Crippen molar-refractivity contribution >= 4 is 0 Å². The number of hydrogen-bond acceptors (Lipinski definition) is 1. The van der Waals surface area contributed by atoms with Crippen molar-refractivity contribution in [2.75, 3.05) is 13.1 Å². The number of alkyl halides is 2. The summed E-state index contributed by atoms with van der Waals surface area (Å²) in [5.74, 6) is -2.29. The molecular weight excluding hydrogens is 184 g/mol. The standard InChI is InChI=1S/C11H17F2N/c12-11(13)4-1-2-9(7-11)6-10-3-5-14-8-10/h6,9,14H,1-5,7-8H2/b10-6-. The van der Waals surface area contributed by atoms with Crippen LogP contribution in [0.4, 0.5) is 8.78 Å². The molecule has 0 aromatic heterocycles. The Bertz CT molecular complexity index is 227. The first-order chi connectivity index (χ1) is 6.66. The molecule has 0 aromatic carbocycles. The van der Waals surface area contributed by atoms with Crippen molar-refractivity contribution in [2.24, 2.45) is 5.92 Å². The smallest absolute Gasteiger partial charge is 0.248 e. The van der Waals surface area contributed by atoms with Gasteiger partial charge >= 0.3 is 0 Å². The Morgan fingerprint density at radius 2 is 2.29 bits per heavy atom. The number of hydrogen-bond donors (Lipinski definition) is 1. The summed E-state index contributed by atoms with van der Waals surface area (Å²) in [4.78, 5) is 0. The van der Waals surface area contributed by atoms with Crippen LogP contribution in [0.5, 0.6) is 0 Å². The third kappa shape index (κ3) is 2.53. The molecule has 1 atom stereocenters. The Kier molecular flexibility index (Phi) is 2.86. The minimum Gasteiger partial charge on any atom is -0.313 e. The van der Waals surface area contributed by atoms with Gasteiger partial charge in [0.1, 0.15) is 0 Å². The van der Waals surface area contributed by atoms with Crippen LogP contribution in [0, 0.1) is 5.92 Å². The summed E-state index contributed by atoms with van der Waals surface area (Å²) in [6.07, 6.45) is 4.91. The zero-order chi connectivity index (χ0) is 10.0. The van der Waals surface area contributed by atoms with Gasteiger partial charge in [-0.25, -0.2) is 8.78 Å². The molecule has 0 amide bonds. The predicted molar refractivity (Wildman–Crippen MR) is 52.5 cm³/mol. The molecule has 14 heavy (non-hydrogen) atoms. The molecule has 1 nitrogen and oxygen atoms in total. The highest BCUT2D eigenvalue weighted by atomic mass is 19.3. The summed E-state index contributed by atoms with van der Waals surface area (Å²) in [5.41, 5.74) is 1.33. The Hall–Kier alpha value is -0.440. The molecule has 1 saturated heterocycles. The van der Waals surface area contributed by atoms with Crippen LogP contribution in [0.3, 0.4) is 0 Å². The van der Waals surface area contributed by atoms with Crippen LogP contribution in [0.15, 0.2) is 11.6 Å².